The van der Waals surface area contributed by atoms with Crippen molar-refractivity contribution >= 4 is 15.7 Å². The van der Waals surface area contributed by atoms with E-state index in [0.29, 0.717) is 12.4 Å². The van der Waals surface area contributed by atoms with Gasteiger partial charge in [0.05, 0.1) is 5.69 Å². The van der Waals surface area contributed by atoms with Crippen LogP contribution < -0.4 is 5.32 Å². The number of nitrogens with zero attached hydrogens (tertiary/aromatic N) is 3. The van der Waals surface area contributed by atoms with E-state index in [0.717, 1.165) is 24.4 Å². The van der Waals surface area contributed by atoms with Crippen LogP contribution in [0, 0.1) is 13.8 Å². The van der Waals surface area contributed by atoms with E-state index in [4.69, 9.17) is 0 Å². The Labute approximate surface area is 125 Å². The number of nitrogens with one attached hydrogen (secondary N) is 1. The molecule has 0 fully saturated rings. The zero-order valence-corrected chi connectivity index (χ0v) is 13.3. The molecule has 0 unspecified atom stereocenters. The second-order valence-corrected chi connectivity index (χ2v) is 7.04. The summed E-state index contributed by atoms with van der Waals surface area (Å²) in [6, 6.07) is 5.22. The number of sulfone groups is 1. The maximum atomic E-state index is 11.7. The molecule has 7 heteroatoms. The Bertz CT molecular complexity index is 722. The first-order valence-corrected chi connectivity index (χ1v) is 8.67. The second kappa shape index (κ2) is 6.26. The Kier molecular flexibility index (Phi) is 4.62. The van der Waals surface area contributed by atoms with Gasteiger partial charge in [-0.25, -0.2) is 13.4 Å². The van der Waals surface area contributed by atoms with Crippen LogP contribution in [-0.2, 0) is 16.4 Å². The number of rotatable bonds is 6. The number of aryl methyl sites for hydroxylation is 3. The summed E-state index contributed by atoms with van der Waals surface area (Å²) in [6.45, 7) is 5.41. The van der Waals surface area contributed by atoms with Crippen molar-refractivity contribution in [2.75, 3.05) is 18.1 Å². The van der Waals surface area contributed by atoms with Crippen LogP contribution in [0.1, 0.15) is 17.8 Å². The van der Waals surface area contributed by atoms with Crippen molar-refractivity contribution in [3.63, 3.8) is 0 Å². The van der Waals surface area contributed by atoms with Crippen LogP contribution in [0.2, 0.25) is 0 Å². The molecule has 0 aliphatic heterocycles. The van der Waals surface area contributed by atoms with E-state index in [1.54, 1.807) is 18.3 Å². The molecule has 2 aromatic rings. The molecule has 6 nitrogen and oxygen atoms in total. The standard InChI is InChI=1S/C14H20N4O2S/c1-11-10-12(2)18(17-11)9-5-8-16-14-13(21(3,19)20)6-4-7-15-14/h4,6-7,10H,5,8-9H2,1-3H3,(H,15,16). The van der Waals surface area contributed by atoms with Gasteiger partial charge in [-0.2, -0.15) is 5.10 Å². The Balaban J connectivity index is 1.94. The van der Waals surface area contributed by atoms with Gasteiger partial charge in [-0.05, 0) is 38.5 Å². The minimum Gasteiger partial charge on any atom is -0.369 e. The molecule has 2 heterocycles. The monoisotopic (exact) mass is 308 g/mol. The van der Waals surface area contributed by atoms with Crippen molar-refractivity contribution in [3.05, 3.63) is 35.8 Å². The van der Waals surface area contributed by atoms with E-state index in [1.807, 2.05) is 24.6 Å². The lowest BCUT2D eigenvalue weighted by atomic mass is 10.3. The first-order chi connectivity index (χ1) is 9.88. The van der Waals surface area contributed by atoms with Crippen molar-refractivity contribution in [3.8, 4) is 0 Å². The van der Waals surface area contributed by atoms with Crippen molar-refractivity contribution in [2.24, 2.45) is 0 Å². The molecule has 0 bridgehead atoms. The smallest absolute Gasteiger partial charge is 0.179 e. The zero-order valence-electron chi connectivity index (χ0n) is 12.5. The Morgan fingerprint density at radius 2 is 2.10 bits per heavy atom. The lowest BCUT2D eigenvalue weighted by molar-refractivity contribution is 0.573. The summed E-state index contributed by atoms with van der Waals surface area (Å²) in [4.78, 5) is 4.33. The van der Waals surface area contributed by atoms with Gasteiger partial charge in [0.1, 0.15) is 10.7 Å². The number of pyridine rings is 1. The summed E-state index contributed by atoms with van der Waals surface area (Å²) in [5, 5.41) is 7.47. The third kappa shape index (κ3) is 4.04. The molecule has 2 rings (SSSR count). The van der Waals surface area contributed by atoms with Crippen molar-refractivity contribution in [2.45, 2.75) is 31.7 Å². The molecular weight excluding hydrogens is 288 g/mol. The summed E-state index contributed by atoms with van der Waals surface area (Å²) < 4.78 is 25.3. The van der Waals surface area contributed by atoms with Gasteiger partial charge in [-0.3, -0.25) is 4.68 Å². The van der Waals surface area contributed by atoms with E-state index in [9.17, 15) is 8.42 Å². The van der Waals surface area contributed by atoms with E-state index in [2.05, 4.69) is 15.4 Å². The van der Waals surface area contributed by atoms with Crippen LogP contribution in [0.15, 0.2) is 29.3 Å². The summed E-state index contributed by atoms with van der Waals surface area (Å²) in [7, 11) is -3.27. The number of aromatic nitrogens is 3. The fourth-order valence-electron chi connectivity index (χ4n) is 2.16. The molecule has 0 amide bonds. The fraction of sp³-hybridized carbons (Fsp3) is 0.429. The Morgan fingerprint density at radius 1 is 1.33 bits per heavy atom. The van der Waals surface area contributed by atoms with Crippen LogP contribution in [0.5, 0.6) is 0 Å². The third-order valence-electron chi connectivity index (χ3n) is 3.11. The van der Waals surface area contributed by atoms with Gasteiger partial charge in [0.2, 0.25) is 0 Å². The van der Waals surface area contributed by atoms with Crippen molar-refractivity contribution in [1.82, 2.24) is 14.8 Å². The van der Waals surface area contributed by atoms with Crippen molar-refractivity contribution in [1.29, 1.82) is 0 Å². The summed E-state index contributed by atoms with van der Waals surface area (Å²) in [5.41, 5.74) is 2.13. The van der Waals surface area contributed by atoms with Crippen LogP contribution >= 0.6 is 0 Å². The lowest BCUT2D eigenvalue weighted by Crippen LogP contribution is -2.12. The highest BCUT2D eigenvalue weighted by Crippen LogP contribution is 2.17. The van der Waals surface area contributed by atoms with Gasteiger partial charge in [-0.1, -0.05) is 0 Å². The highest BCUT2D eigenvalue weighted by Gasteiger charge is 2.13. The molecule has 0 radical (unpaired) electrons. The van der Waals surface area contributed by atoms with E-state index < -0.39 is 9.84 Å². The quantitative estimate of drug-likeness (QED) is 0.823. The number of anilines is 1. The molecular formula is C14H20N4O2S. The van der Waals surface area contributed by atoms with Crippen LogP contribution in [0.25, 0.3) is 0 Å². The van der Waals surface area contributed by atoms with Gasteiger partial charge in [-0.15, -0.1) is 0 Å². The first-order valence-electron chi connectivity index (χ1n) is 6.78. The van der Waals surface area contributed by atoms with Crippen molar-refractivity contribution < 1.29 is 8.42 Å². The predicted molar refractivity (Wildman–Crippen MR) is 82.2 cm³/mol. The topological polar surface area (TPSA) is 76.9 Å². The molecule has 0 spiro atoms. The first kappa shape index (κ1) is 15.5. The molecule has 2 aromatic heterocycles. The normalized spacial score (nSPS) is 11.6. The number of hydrogen-bond donors (Lipinski definition) is 1. The van der Waals surface area contributed by atoms with Gasteiger partial charge < -0.3 is 5.32 Å². The van der Waals surface area contributed by atoms with Gasteiger partial charge >= 0.3 is 0 Å². The molecule has 114 valence electrons. The van der Waals surface area contributed by atoms with E-state index in [1.165, 1.54) is 6.26 Å². The van der Waals surface area contributed by atoms with E-state index in [-0.39, 0.29) is 4.90 Å². The maximum absolute atomic E-state index is 11.7. The fourth-order valence-corrected chi connectivity index (χ4v) is 2.96. The molecule has 0 aliphatic carbocycles. The van der Waals surface area contributed by atoms with Crippen LogP contribution in [0.4, 0.5) is 5.82 Å². The average molecular weight is 308 g/mol. The maximum Gasteiger partial charge on any atom is 0.179 e. The van der Waals surface area contributed by atoms with E-state index >= 15 is 0 Å². The van der Waals surface area contributed by atoms with Gasteiger partial charge in [0, 0.05) is 31.2 Å². The molecule has 0 atom stereocenters. The van der Waals surface area contributed by atoms with Crippen LogP contribution in [-0.4, -0.2) is 36.0 Å². The average Bonchev–Trinajstić information content (AvgIpc) is 2.72. The molecule has 21 heavy (non-hydrogen) atoms. The minimum atomic E-state index is -3.27. The lowest BCUT2D eigenvalue weighted by Gasteiger charge is -2.10. The Hall–Kier alpha value is -1.89. The summed E-state index contributed by atoms with van der Waals surface area (Å²) in [5.74, 6) is 0.411. The molecule has 0 aromatic carbocycles. The molecule has 1 N–H and O–H groups in total. The minimum absolute atomic E-state index is 0.233. The predicted octanol–water partition coefficient (Wildman–Crippen LogP) is 1.80. The highest BCUT2D eigenvalue weighted by molar-refractivity contribution is 7.90. The molecule has 0 saturated heterocycles. The molecule has 0 aliphatic rings. The van der Waals surface area contributed by atoms with Crippen LogP contribution in [0.3, 0.4) is 0 Å². The Morgan fingerprint density at radius 3 is 2.71 bits per heavy atom. The number of hydrogen-bond acceptors (Lipinski definition) is 5. The highest BCUT2D eigenvalue weighted by atomic mass is 32.2. The zero-order chi connectivity index (χ0) is 15.5. The summed E-state index contributed by atoms with van der Waals surface area (Å²) >= 11 is 0. The SMILES string of the molecule is Cc1cc(C)n(CCCNc2ncccc2S(C)(=O)=O)n1. The third-order valence-corrected chi connectivity index (χ3v) is 4.24. The largest absolute Gasteiger partial charge is 0.369 e. The second-order valence-electron chi connectivity index (χ2n) is 5.05. The molecule has 0 saturated carbocycles. The summed E-state index contributed by atoms with van der Waals surface area (Å²) in [6.07, 6.45) is 3.60. The van der Waals surface area contributed by atoms with Gasteiger partial charge in [0.15, 0.2) is 9.84 Å². The van der Waals surface area contributed by atoms with Gasteiger partial charge in [0.25, 0.3) is 0 Å².